The van der Waals surface area contributed by atoms with Gasteiger partial charge in [0.05, 0.1) is 11.1 Å². The fourth-order valence-corrected chi connectivity index (χ4v) is 4.97. The van der Waals surface area contributed by atoms with Crippen molar-refractivity contribution in [3.8, 4) is 11.8 Å². The van der Waals surface area contributed by atoms with Crippen molar-refractivity contribution >= 4 is 11.9 Å². The third-order valence-electron chi connectivity index (χ3n) is 6.91. The number of carboxylic acid groups (broad SMARTS) is 2. The highest BCUT2D eigenvalue weighted by Gasteiger charge is 2.46. The summed E-state index contributed by atoms with van der Waals surface area (Å²) in [6, 6.07) is 8.81. The zero-order chi connectivity index (χ0) is 25.8. The molecule has 1 aliphatic heterocycles. The van der Waals surface area contributed by atoms with Crippen molar-refractivity contribution in [2.24, 2.45) is 5.92 Å². The van der Waals surface area contributed by atoms with Crippen molar-refractivity contribution < 1.29 is 38.1 Å². The Morgan fingerprint density at radius 1 is 0.861 bits per heavy atom. The first-order valence-electron chi connectivity index (χ1n) is 12.1. The average Bonchev–Trinajstić information content (AvgIpc) is 3.31. The molecule has 2 aromatic rings. The second-order valence-corrected chi connectivity index (χ2v) is 9.36. The molecule has 36 heavy (non-hydrogen) atoms. The molecule has 2 fully saturated rings. The molecule has 1 aliphatic carbocycles. The molecule has 0 unspecified atom stereocenters. The highest BCUT2D eigenvalue weighted by atomic mass is 19.1. The number of benzene rings is 2. The molecule has 190 valence electrons. The maximum absolute atomic E-state index is 14.8. The maximum atomic E-state index is 14.8. The van der Waals surface area contributed by atoms with Gasteiger partial charge in [-0.05, 0) is 67.3 Å². The van der Waals surface area contributed by atoms with Crippen LogP contribution in [-0.4, -0.2) is 34.4 Å². The Morgan fingerprint density at radius 2 is 1.36 bits per heavy atom. The van der Waals surface area contributed by atoms with Crippen LogP contribution in [0.25, 0.3) is 0 Å². The number of ether oxygens (including phenoxy) is 2. The van der Waals surface area contributed by atoms with Gasteiger partial charge in [-0.2, -0.15) is 0 Å². The first-order chi connectivity index (χ1) is 17.3. The minimum Gasteiger partial charge on any atom is -0.479 e. The zero-order valence-electron chi connectivity index (χ0n) is 19.9. The predicted octanol–water partition coefficient (Wildman–Crippen LogP) is 5.39. The van der Waals surface area contributed by atoms with Gasteiger partial charge in [0, 0.05) is 5.56 Å². The molecule has 6 nitrogen and oxygen atoms in total. The summed E-state index contributed by atoms with van der Waals surface area (Å²) in [5.41, 5.74) is 1.24. The molecular formula is C28H28F2O6. The van der Waals surface area contributed by atoms with Gasteiger partial charge >= 0.3 is 11.9 Å². The van der Waals surface area contributed by atoms with Crippen molar-refractivity contribution in [1.82, 2.24) is 0 Å². The van der Waals surface area contributed by atoms with Crippen LogP contribution in [0.1, 0.15) is 79.9 Å². The standard InChI is InChI=1S/C28H28F2O6/c1-2-3-16-4-6-17(7-5-16)20-12-10-18(22(29)14-20)8-9-19-11-13-21(15-23(19)30)28-35-24(26(31)32)25(36-28)27(33)34/h10-17,24-25,28H,2-7H2,1H3,(H,31,32)(H,33,34)/t16-,17-,24-,25-/m1/s1. The van der Waals surface area contributed by atoms with Gasteiger partial charge in [0.15, 0.2) is 18.5 Å². The second-order valence-electron chi connectivity index (χ2n) is 9.36. The molecule has 1 saturated heterocycles. The second kappa shape index (κ2) is 11.2. The molecule has 2 atom stereocenters. The number of halogens is 2. The molecule has 0 spiro atoms. The fourth-order valence-electron chi connectivity index (χ4n) is 4.97. The fraction of sp³-hybridized carbons (Fsp3) is 0.429. The number of carboxylic acids is 2. The Balaban J connectivity index is 1.44. The third-order valence-corrected chi connectivity index (χ3v) is 6.91. The van der Waals surface area contributed by atoms with Gasteiger partial charge in [-0.25, -0.2) is 18.4 Å². The van der Waals surface area contributed by atoms with Crippen LogP contribution in [0.3, 0.4) is 0 Å². The Kier molecular flexibility index (Phi) is 8.02. The van der Waals surface area contributed by atoms with Crippen molar-refractivity contribution in [1.29, 1.82) is 0 Å². The number of carbonyl (C=O) groups is 2. The highest BCUT2D eigenvalue weighted by molar-refractivity contribution is 5.84. The van der Waals surface area contributed by atoms with E-state index < -0.39 is 42.1 Å². The van der Waals surface area contributed by atoms with Crippen LogP contribution in [0.2, 0.25) is 0 Å². The van der Waals surface area contributed by atoms with E-state index in [0.717, 1.165) is 30.4 Å². The van der Waals surface area contributed by atoms with Gasteiger partial charge in [-0.3, -0.25) is 0 Å². The van der Waals surface area contributed by atoms with Crippen molar-refractivity contribution in [2.75, 3.05) is 0 Å². The zero-order valence-corrected chi connectivity index (χ0v) is 19.9. The smallest absolute Gasteiger partial charge is 0.336 e. The van der Waals surface area contributed by atoms with Crippen LogP contribution in [0, 0.1) is 29.4 Å². The summed E-state index contributed by atoms with van der Waals surface area (Å²) < 4.78 is 39.7. The molecule has 2 aromatic carbocycles. The molecular weight excluding hydrogens is 470 g/mol. The molecule has 0 radical (unpaired) electrons. The van der Waals surface area contributed by atoms with Crippen LogP contribution < -0.4 is 0 Å². The van der Waals surface area contributed by atoms with Crippen molar-refractivity contribution in [3.63, 3.8) is 0 Å². The van der Waals surface area contributed by atoms with Crippen LogP contribution in [0.4, 0.5) is 8.78 Å². The van der Waals surface area contributed by atoms with Gasteiger partial charge < -0.3 is 19.7 Å². The van der Waals surface area contributed by atoms with E-state index in [0.29, 0.717) is 5.92 Å². The Morgan fingerprint density at radius 3 is 1.83 bits per heavy atom. The summed E-state index contributed by atoms with van der Waals surface area (Å²) in [7, 11) is 0. The summed E-state index contributed by atoms with van der Waals surface area (Å²) in [6.45, 7) is 2.20. The highest BCUT2D eigenvalue weighted by Crippen LogP contribution is 2.38. The minimum atomic E-state index is -1.72. The quantitative estimate of drug-likeness (QED) is 0.519. The number of aliphatic carboxylic acids is 2. The lowest BCUT2D eigenvalue weighted by molar-refractivity contribution is -0.156. The Hall–Kier alpha value is -3.28. The first kappa shape index (κ1) is 25.8. The largest absolute Gasteiger partial charge is 0.479 e. The summed E-state index contributed by atoms with van der Waals surface area (Å²) >= 11 is 0. The van der Waals surface area contributed by atoms with Crippen LogP contribution >= 0.6 is 0 Å². The number of hydrogen-bond acceptors (Lipinski definition) is 4. The Labute approximate surface area is 208 Å². The van der Waals surface area contributed by atoms with E-state index in [2.05, 4.69) is 18.8 Å². The molecule has 2 aliphatic rings. The molecule has 1 saturated carbocycles. The summed E-state index contributed by atoms with van der Waals surface area (Å²) in [6.07, 6.45) is 2.11. The number of hydrogen-bond donors (Lipinski definition) is 2. The molecule has 0 aromatic heterocycles. The van der Waals surface area contributed by atoms with Gasteiger partial charge in [0.2, 0.25) is 0 Å². The van der Waals surface area contributed by atoms with Crippen molar-refractivity contribution in [3.05, 3.63) is 70.3 Å². The average molecular weight is 499 g/mol. The van der Waals surface area contributed by atoms with E-state index in [4.69, 9.17) is 19.7 Å². The van der Waals surface area contributed by atoms with E-state index >= 15 is 0 Å². The molecule has 4 rings (SSSR count). The van der Waals surface area contributed by atoms with Gasteiger partial charge in [-0.15, -0.1) is 0 Å². The van der Waals surface area contributed by atoms with Gasteiger partial charge in [0.25, 0.3) is 0 Å². The van der Waals surface area contributed by atoms with Crippen LogP contribution in [0.15, 0.2) is 36.4 Å². The minimum absolute atomic E-state index is 0.000890. The van der Waals surface area contributed by atoms with Gasteiger partial charge in [0.1, 0.15) is 11.6 Å². The van der Waals surface area contributed by atoms with E-state index in [-0.39, 0.29) is 16.7 Å². The normalized spacial score (nSPS) is 24.2. The molecule has 2 N–H and O–H groups in total. The summed E-state index contributed by atoms with van der Waals surface area (Å²) in [5, 5.41) is 18.3. The van der Waals surface area contributed by atoms with Crippen LogP contribution in [-0.2, 0) is 19.1 Å². The lowest BCUT2D eigenvalue weighted by Gasteiger charge is -2.28. The maximum Gasteiger partial charge on any atom is 0.336 e. The monoisotopic (exact) mass is 498 g/mol. The topological polar surface area (TPSA) is 93.1 Å². The summed E-state index contributed by atoms with van der Waals surface area (Å²) in [5.74, 6) is 2.23. The third kappa shape index (κ3) is 5.75. The van der Waals surface area contributed by atoms with E-state index in [9.17, 15) is 18.4 Å². The Bertz CT molecular complexity index is 1170. The lowest BCUT2D eigenvalue weighted by Crippen LogP contribution is -2.36. The van der Waals surface area contributed by atoms with E-state index in [1.54, 1.807) is 6.07 Å². The van der Waals surface area contributed by atoms with E-state index in [1.165, 1.54) is 43.9 Å². The molecule has 8 heteroatoms. The lowest BCUT2D eigenvalue weighted by atomic mass is 9.77. The SMILES string of the molecule is CCC[C@H]1CC[C@H](c2ccc(C#Cc3ccc(C4O[C@@H](C(=O)O)[C@H](C(=O)O)O4)cc3F)c(F)c2)CC1. The molecule has 0 bridgehead atoms. The first-order valence-corrected chi connectivity index (χ1v) is 12.1. The summed E-state index contributed by atoms with van der Waals surface area (Å²) in [4.78, 5) is 22.4. The van der Waals surface area contributed by atoms with Gasteiger partial charge in [-0.1, -0.05) is 43.7 Å². The molecule has 0 amide bonds. The number of rotatable bonds is 6. The van der Waals surface area contributed by atoms with E-state index in [1.807, 2.05) is 6.07 Å². The predicted molar refractivity (Wildman–Crippen MR) is 126 cm³/mol. The van der Waals surface area contributed by atoms with Crippen molar-refractivity contribution in [2.45, 2.75) is 69.9 Å². The molecule has 1 heterocycles. The van der Waals surface area contributed by atoms with Crippen LogP contribution in [0.5, 0.6) is 0 Å².